The van der Waals surface area contributed by atoms with Crippen LogP contribution in [0.2, 0.25) is 0 Å². The van der Waals surface area contributed by atoms with Crippen LogP contribution in [0.15, 0.2) is 109 Å². The number of hydrogen-bond acceptors (Lipinski definition) is 8. The van der Waals surface area contributed by atoms with Crippen molar-refractivity contribution in [3.63, 3.8) is 0 Å². The van der Waals surface area contributed by atoms with Gasteiger partial charge in [-0.1, -0.05) is 91.0 Å². The van der Waals surface area contributed by atoms with Gasteiger partial charge in [-0.15, -0.1) is 0 Å². The smallest absolute Gasteiger partial charge is 0.414 e. The number of nitrogens with zero attached hydrogens (tertiary/aromatic N) is 3. The Bertz CT molecular complexity index is 2120. The van der Waals surface area contributed by atoms with Crippen LogP contribution in [-0.2, 0) is 32.3 Å². The van der Waals surface area contributed by atoms with Crippen molar-refractivity contribution in [3.8, 4) is 0 Å². The van der Waals surface area contributed by atoms with Crippen molar-refractivity contribution in [2.45, 2.75) is 88.7 Å². The van der Waals surface area contributed by atoms with E-state index in [2.05, 4.69) is 0 Å². The van der Waals surface area contributed by atoms with Crippen molar-refractivity contribution in [1.29, 1.82) is 0 Å². The molecule has 3 fully saturated rings. The van der Waals surface area contributed by atoms with Crippen LogP contribution >= 0.6 is 0 Å². The lowest BCUT2D eigenvalue weighted by Gasteiger charge is -2.54. The van der Waals surface area contributed by atoms with E-state index in [-0.39, 0.29) is 91.7 Å². The number of benzene rings is 4. The van der Waals surface area contributed by atoms with Crippen molar-refractivity contribution in [2.24, 2.45) is 11.8 Å². The second kappa shape index (κ2) is 16.7. The van der Waals surface area contributed by atoms with E-state index in [1.165, 1.54) is 0 Å². The summed E-state index contributed by atoms with van der Waals surface area (Å²) in [5.74, 6) is -0.146. The third-order valence-electron chi connectivity index (χ3n) is 12.0. The van der Waals surface area contributed by atoms with E-state index in [1.807, 2.05) is 108 Å². The molecule has 5 atom stereocenters. The Morgan fingerprint density at radius 1 is 0.632 bits per heavy atom. The summed E-state index contributed by atoms with van der Waals surface area (Å²) < 4.78 is 11.2. The predicted molar refractivity (Wildman–Crippen MR) is 212 cm³/mol. The molecule has 5 unspecified atom stereocenters. The molecule has 11 nitrogen and oxygen atoms in total. The van der Waals surface area contributed by atoms with E-state index in [1.54, 1.807) is 15.9 Å². The number of carbonyl (C=O) groups excluding carboxylic acids is 5. The quantitative estimate of drug-likeness (QED) is 0.173. The van der Waals surface area contributed by atoms with Crippen molar-refractivity contribution in [1.82, 2.24) is 4.90 Å². The first-order valence-corrected chi connectivity index (χ1v) is 20.0. The van der Waals surface area contributed by atoms with Crippen LogP contribution in [0.3, 0.4) is 0 Å². The minimum absolute atomic E-state index is 0.0173. The number of ketones is 2. The van der Waals surface area contributed by atoms with Gasteiger partial charge in [0.15, 0.2) is 11.6 Å². The number of para-hydroxylation sites is 2. The highest BCUT2D eigenvalue weighted by molar-refractivity contribution is 6.10. The molecule has 4 aromatic rings. The van der Waals surface area contributed by atoms with Crippen molar-refractivity contribution in [2.75, 3.05) is 16.4 Å². The summed E-state index contributed by atoms with van der Waals surface area (Å²) in [6.07, 6.45) is 4.84. The molecule has 0 bridgehead atoms. The largest absolute Gasteiger partial charge is 0.444 e. The van der Waals surface area contributed by atoms with Crippen LogP contribution in [0.4, 0.5) is 21.0 Å². The molecule has 2 heterocycles. The second-order valence-electron chi connectivity index (χ2n) is 15.5. The molecule has 5 aliphatic rings. The highest BCUT2D eigenvalue weighted by atomic mass is 16.6. The number of carbonyl (C=O) groups is 5. The maximum atomic E-state index is 13.3. The Hall–Kier alpha value is -5.81. The number of amides is 3. The molecule has 0 spiro atoms. The van der Waals surface area contributed by atoms with Crippen LogP contribution in [0, 0.1) is 11.8 Å². The third-order valence-corrected chi connectivity index (χ3v) is 12.0. The molecule has 0 saturated heterocycles. The van der Waals surface area contributed by atoms with E-state index in [4.69, 9.17) is 14.6 Å². The van der Waals surface area contributed by atoms with Crippen LogP contribution in [0.25, 0.3) is 0 Å². The molecule has 2 aliphatic heterocycles. The highest BCUT2D eigenvalue weighted by Gasteiger charge is 2.54. The standard InChI is InChI=1S/C27H30N2O5.C19H17NO3/c30-16-20(31)12-15-25(32)28(19-10-11-19)26-21-8-4-5-9-23(21)29(24-14-13-22(24)26)27(33)34-17-18-6-2-1-3-7-18;21-18-14-8-4-5-9-16(14)20(17-11-10-15(17)18)19(22)23-12-13-6-2-1-3-7-13/h1-9,19,22,24,26,30H,10-17H2;1-9,15,17H,10-12H2. The molecule has 11 heteroatoms. The van der Waals surface area contributed by atoms with Gasteiger partial charge in [-0.3, -0.25) is 24.2 Å². The van der Waals surface area contributed by atoms with Gasteiger partial charge in [-0.25, -0.2) is 9.59 Å². The van der Waals surface area contributed by atoms with Gasteiger partial charge in [0.2, 0.25) is 5.91 Å². The van der Waals surface area contributed by atoms with Gasteiger partial charge >= 0.3 is 12.2 Å². The lowest BCUT2D eigenvalue weighted by Crippen LogP contribution is -2.59. The number of fused-ring (bicyclic) bond motifs is 4. The Morgan fingerprint density at radius 3 is 1.75 bits per heavy atom. The maximum Gasteiger partial charge on any atom is 0.414 e. The number of Topliss-reactive ketones (excluding diaryl/α,β-unsaturated/α-hetero) is 2. The minimum atomic E-state index is -0.534. The summed E-state index contributed by atoms with van der Waals surface area (Å²) in [6, 6.07) is 34.3. The van der Waals surface area contributed by atoms with E-state index >= 15 is 0 Å². The first-order valence-electron chi connectivity index (χ1n) is 20.0. The fraction of sp³-hybridized carbons (Fsp3) is 0.370. The first kappa shape index (κ1) is 38.1. The summed E-state index contributed by atoms with van der Waals surface area (Å²) in [5.41, 5.74) is 4.96. The minimum Gasteiger partial charge on any atom is -0.444 e. The monoisotopic (exact) mass is 769 g/mol. The number of hydrogen-bond donors (Lipinski definition) is 1. The van der Waals surface area contributed by atoms with Crippen molar-refractivity contribution in [3.05, 3.63) is 131 Å². The molecule has 3 amide bonds. The zero-order chi connectivity index (χ0) is 39.5. The molecule has 57 heavy (non-hydrogen) atoms. The van der Waals surface area contributed by atoms with Crippen LogP contribution < -0.4 is 9.80 Å². The summed E-state index contributed by atoms with van der Waals surface area (Å²) in [7, 11) is 0. The molecule has 294 valence electrons. The molecule has 0 aromatic heterocycles. The third kappa shape index (κ3) is 7.81. The Kier molecular flexibility index (Phi) is 11.2. The zero-order valence-corrected chi connectivity index (χ0v) is 31.8. The Labute approximate surface area is 332 Å². The predicted octanol–water partition coefficient (Wildman–Crippen LogP) is 7.80. The number of aliphatic hydroxyl groups excluding tert-OH is 1. The number of anilines is 2. The van der Waals surface area contributed by atoms with E-state index < -0.39 is 6.61 Å². The van der Waals surface area contributed by atoms with Gasteiger partial charge < -0.3 is 19.5 Å². The molecular formula is C46H47N3O8. The molecule has 3 saturated carbocycles. The summed E-state index contributed by atoms with van der Waals surface area (Å²) in [5, 5.41) is 9.05. The lowest BCUT2D eigenvalue weighted by atomic mass is 9.68. The number of rotatable bonds is 10. The Balaban J connectivity index is 0.000000172. The normalized spacial score (nSPS) is 22.4. The van der Waals surface area contributed by atoms with Crippen LogP contribution in [0.5, 0.6) is 0 Å². The summed E-state index contributed by atoms with van der Waals surface area (Å²) >= 11 is 0. The summed E-state index contributed by atoms with van der Waals surface area (Å²) in [4.78, 5) is 68.7. The number of ether oxygens (including phenoxy) is 2. The molecule has 3 aliphatic carbocycles. The first-order chi connectivity index (χ1) is 27.8. The van der Waals surface area contributed by atoms with Crippen molar-refractivity contribution >= 4 is 41.0 Å². The molecule has 0 radical (unpaired) electrons. The average molecular weight is 770 g/mol. The van der Waals surface area contributed by atoms with Gasteiger partial charge in [0.05, 0.1) is 23.5 Å². The fourth-order valence-electron chi connectivity index (χ4n) is 8.73. The second-order valence-corrected chi connectivity index (χ2v) is 15.5. The van der Waals surface area contributed by atoms with Gasteiger partial charge in [-0.05, 0) is 73.4 Å². The molecule has 1 N–H and O–H groups in total. The van der Waals surface area contributed by atoms with Gasteiger partial charge in [0.25, 0.3) is 0 Å². The van der Waals surface area contributed by atoms with E-state index in [0.717, 1.165) is 60.9 Å². The SMILES string of the molecule is O=C(CO)CCC(=O)N(C1CC1)C1c2ccccc2N(C(=O)OCc2ccccc2)C2CCC21.O=C1c2ccccc2N(C(=O)OCc2ccccc2)C2CCC12. The van der Waals surface area contributed by atoms with Crippen LogP contribution in [0.1, 0.15) is 84.5 Å². The molecule has 9 rings (SSSR count). The highest BCUT2D eigenvalue weighted by Crippen LogP contribution is 2.54. The maximum absolute atomic E-state index is 13.3. The van der Waals surface area contributed by atoms with Crippen molar-refractivity contribution < 1.29 is 38.6 Å². The fourth-order valence-corrected chi connectivity index (χ4v) is 8.73. The van der Waals surface area contributed by atoms with Gasteiger partial charge in [0.1, 0.15) is 19.8 Å². The van der Waals surface area contributed by atoms with Crippen LogP contribution in [-0.4, -0.2) is 64.4 Å². The molecular weight excluding hydrogens is 723 g/mol. The zero-order valence-electron chi connectivity index (χ0n) is 31.8. The number of aliphatic hydroxyl groups is 1. The van der Waals surface area contributed by atoms with E-state index in [0.29, 0.717) is 11.3 Å². The lowest BCUT2D eigenvalue weighted by molar-refractivity contribution is -0.139. The van der Waals surface area contributed by atoms with Gasteiger partial charge in [0, 0.05) is 42.3 Å². The molecule has 4 aromatic carbocycles. The van der Waals surface area contributed by atoms with Gasteiger partial charge in [-0.2, -0.15) is 0 Å². The Morgan fingerprint density at radius 2 is 1.19 bits per heavy atom. The summed E-state index contributed by atoms with van der Waals surface area (Å²) in [6.45, 7) is -0.0812. The van der Waals surface area contributed by atoms with E-state index in [9.17, 15) is 24.0 Å². The average Bonchev–Trinajstić information content (AvgIpc) is 4.06. The topological polar surface area (TPSA) is 134 Å².